The minimum Gasteiger partial charge on any atom is -0.456 e. The van der Waals surface area contributed by atoms with Crippen molar-refractivity contribution in [3.8, 4) is 16.8 Å². The van der Waals surface area contributed by atoms with Crippen LogP contribution in [0.5, 0.6) is 0 Å². The highest BCUT2D eigenvalue weighted by Gasteiger charge is 2.27. The van der Waals surface area contributed by atoms with Crippen molar-refractivity contribution in [2.45, 2.75) is 0 Å². The summed E-state index contributed by atoms with van der Waals surface area (Å²) in [7, 11) is 0. The van der Waals surface area contributed by atoms with Crippen molar-refractivity contribution in [1.82, 2.24) is 4.57 Å². The van der Waals surface area contributed by atoms with Crippen LogP contribution in [0.15, 0.2) is 108 Å². The van der Waals surface area contributed by atoms with E-state index in [0.717, 1.165) is 11.2 Å². The SMILES string of the molecule is c1ccc(-n2c3ccccc3c3cc(-c4cc5oc6ccc7sc8ccc9sc4c4c5c6c7c8c94)ccc32)cc1. The van der Waals surface area contributed by atoms with Crippen LogP contribution in [0.2, 0.25) is 0 Å². The topological polar surface area (TPSA) is 18.1 Å². The van der Waals surface area contributed by atoms with Gasteiger partial charge in [0.2, 0.25) is 0 Å². The molecule has 0 fully saturated rings. The van der Waals surface area contributed by atoms with E-state index in [-0.39, 0.29) is 0 Å². The summed E-state index contributed by atoms with van der Waals surface area (Å²) in [5.41, 5.74) is 8.11. The van der Waals surface area contributed by atoms with Gasteiger partial charge in [-0.1, -0.05) is 42.5 Å². The lowest BCUT2D eigenvalue weighted by Gasteiger charge is -2.10. The maximum Gasteiger partial charge on any atom is 0.136 e. The van der Waals surface area contributed by atoms with Crippen molar-refractivity contribution in [2.24, 2.45) is 0 Å². The fourth-order valence-electron chi connectivity index (χ4n) is 7.33. The van der Waals surface area contributed by atoms with Crippen molar-refractivity contribution >= 4 is 107 Å². The molecule has 0 saturated heterocycles. The average Bonchev–Trinajstić information content (AvgIpc) is 3.74. The number of para-hydroxylation sites is 2. The summed E-state index contributed by atoms with van der Waals surface area (Å²) >= 11 is 3.83. The Balaban J connectivity index is 1.29. The number of aromatic nitrogens is 1. The summed E-state index contributed by atoms with van der Waals surface area (Å²) < 4.78 is 14.4. The molecule has 7 aromatic carbocycles. The molecule has 4 aromatic heterocycles. The van der Waals surface area contributed by atoms with Gasteiger partial charge in [-0.05, 0) is 66.2 Å². The fraction of sp³-hybridized carbons (Fsp3) is 0. The lowest BCUT2D eigenvalue weighted by molar-refractivity contribution is 0.669. The van der Waals surface area contributed by atoms with E-state index in [9.17, 15) is 0 Å². The average molecular weight is 544 g/mol. The molecule has 0 aliphatic heterocycles. The summed E-state index contributed by atoms with van der Waals surface area (Å²) in [4.78, 5) is 0. The zero-order valence-corrected chi connectivity index (χ0v) is 22.6. The summed E-state index contributed by atoms with van der Waals surface area (Å²) in [5, 5.41) is 10.7. The molecule has 0 saturated carbocycles. The molecule has 40 heavy (non-hydrogen) atoms. The third-order valence-electron chi connectivity index (χ3n) is 8.90. The largest absolute Gasteiger partial charge is 0.456 e. The molecule has 0 aliphatic carbocycles. The minimum atomic E-state index is 0.991. The zero-order valence-electron chi connectivity index (χ0n) is 21.0. The zero-order chi connectivity index (χ0) is 25.7. The van der Waals surface area contributed by atoms with Crippen LogP contribution in [-0.4, -0.2) is 4.57 Å². The Bertz CT molecular complexity index is 2730. The lowest BCUT2D eigenvalue weighted by Crippen LogP contribution is -1.92. The van der Waals surface area contributed by atoms with Crippen molar-refractivity contribution in [3.05, 3.63) is 103 Å². The van der Waals surface area contributed by atoms with Crippen molar-refractivity contribution in [2.75, 3.05) is 0 Å². The molecular formula is C36H17NOS2. The van der Waals surface area contributed by atoms with Gasteiger partial charge < -0.3 is 8.98 Å². The number of thiophene rings is 2. The maximum absolute atomic E-state index is 6.60. The van der Waals surface area contributed by atoms with Crippen molar-refractivity contribution in [3.63, 3.8) is 0 Å². The van der Waals surface area contributed by atoms with E-state index < -0.39 is 0 Å². The van der Waals surface area contributed by atoms with E-state index in [1.807, 2.05) is 22.7 Å². The first-order valence-corrected chi connectivity index (χ1v) is 15.2. The first kappa shape index (κ1) is 20.3. The van der Waals surface area contributed by atoms with Crippen LogP contribution < -0.4 is 0 Å². The summed E-state index contributed by atoms with van der Waals surface area (Å²) in [6.07, 6.45) is 0. The van der Waals surface area contributed by atoms with Crippen molar-refractivity contribution < 1.29 is 4.42 Å². The van der Waals surface area contributed by atoms with Crippen LogP contribution in [0.25, 0.3) is 101 Å². The molecule has 11 aromatic rings. The standard InChI is InChI=1S/C36H17NOS2/c1-2-6-19(7-3-1)37-23-9-5-4-8-20(23)22-16-18(10-11-24(22)37)21-17-26-31-30-25(38-26)12-13-27-32(30)33-28(39-27)14-15-29-34(33)35(31)36(21)40-29/h1-17H. The fourth-order valence-corrected chi connectivity index (χ4v) is 9.71. The van der Waals surface area contributed by atoms with Crippen LogP contribution in [0.3, 0.4) is 0 Å². The molecule has 0 spiro atoms. The Labute approximate surface area is 234 Å². The molecule has 0 atom stereocenters. The number of hydrogen-bond acceptors (Lipinski definition) is 3. The monoisotopic (exact) mass is 543 g/mol. The Morgan fingerprint density at radius 3 is 2.10 bits per heavy atom. The second-order valence-electron chi connectivity index (χ2n) is 10.9. The first-order chi connectivity index (χ1) is 19.8. The Kier molecular flexibility index (Phi) is 3.42. The Morgan fingerprint density at radius 1 is 0.500 bits per heavy atom. The summed E-state index contributed by atoms with van der Waals surface area (Å²) in [6, 6.07) is 37.7. The first-order valence-electron chi connectivity index (χ1n) is 13.5. The highest BCUT2D eigenvalue weighted by molar-refractivity contribution is 7.28. The Morgan fingerprint density at radius 2 is 1.20 bits per heavy atom. The molecule has 4 heterocycles. The number of hydrogen-bond donors (Lipinski definition) is 0. The van der Waals surface area contributed by atoms with Crippen LogP contribution in [0, 0.1) is 0 Å². The smallest absolute Gasteiger partial charge is 0.136 e. The lowest BCUT2D eigenvalue weighted by atomic mass is 9.92. The van der Waals surface area contributed by atoms with E-state index >= 15 is 0 Å². The van der Waals surface area contributed by atoms with Gasteiger partial charge in [-0.3, -0.25) is 0 Å². The summed E-state index contributed by atoms with van der Waals surface area (Å²) in [5.74, 6) is 0. The van der Waals surface area contributed by atoms with Crippen LogP contribution >= 0.6 is 22.7 Å². The maximum atomic E-state index is 6.60. The van der Waals surface area contributed by atoms with Gasteiger partial charge in [0, 0.05) is 73.1 Å². The van der Waals surface area contributed by atoms with Crippen LogP contribution in [-0.2, 0) is 0 Å². The molecule has 0 N–H and O–H groups in total. The molecule has 184 valence electrons. The predicted molar refractivity (Wildman–Crippen MR) is 173 cm³/mol. The van der Waals surface area contributed by atoms with Gasteiger partial charge in [0.15, 0.2) is 0 Å². The van der Waals surface area contributed by atoms with E-state index in [4.69, 9.17) is 4.42 Å². The number of benzene rings is 7. The molecule has 2 nitrogen and oxygen atoms in total. The molecular weight excluding hydrogens is 527 g/mol. The van der Waals surface area contributed by atoms with Gasteiger partial charge in [0.25, 0.3) is 0 Å². The molecule has 0 bridgehead atoms. The second-order valence-corrected chi connectivity index (χ2v) is 13.0. The van der Waals surface area contributed by atoms with Crippen LogP contribution in [0.1, 0.15) is 0 Å². The van der Waals surface area contributed by atoms with E-state index in [1.54, 1.807) is 0 Å². The van der Waals surface area contributed by atoms with Gasteiger partial charge in [-0.2, -0.15) is 0 Å². The van der Waals surface area contributed by atoms with Gasteiger partial charge in [-0.25, -0.2) is 0 Å². The van der Waals surface area contributed by atoms with Gasteiger partial charge in [0.05, 0.1) is 11.0 Å². The molecule has 0 amide bonds. The molecule has 0 radical (unpaired) electrons. The summed E-state index contributed by atoms with van der Waals surface area (Å²) in [6.45, 7) is 0. The molecule has 11 rings (SSSR count). The van der Waals surface area contributed by atoms with E-state index in [0.29, 0.717) is 0 Å². The highest BCUT2D eigenvalue weighted by atomic mass is 32.1. The molecule has 0 unspecified atom stereocenters. The predicted octanol–water partition coefficient (Wildman–Crippen LogP) is 11.4. The van der Waals surface area contributed by atoms with Gasteiger partial charge in [0.1, 0.15) is 11.2 Å². The quantitative estimate of drug-likeness (QED) is 0.198. The van der Waals surface area contributed by atoms with E-state index in [1.165, 1.54) is 89.7 Å². The van der Waals surface area contributed by atoms with E-state index in [2.05, 4.69) is 108 Å². The third kappa shape index (κ3) is 2.22. The van der Waals surface area contributed by atoms with Gasteiger partial charge in [-0.15, -0.1) is 22.7 Å². The number of furan rings is 1. The molecule has 4 heteroatoms. The van der Waals surface area contributed by atoms with Crippen molar-refractivity contribution in [1.29, 1.82) is 0 Å². The number of rotatable bonds is 2. The second kappa shape index (κ2) is 6.73. The highest BCUT2D eigenvalue weighted by Crippen LogP contribution is 2.56. The normalized spacial score (nSPS) is 13.0. The minimum absolute atomic E-state index is 0.991. The number of nitrogens with zero attached hydrogens (tertiary/aromatic N) is 1. The van der Waals surface area contributed by atoms with Gasteiger partial charge >= 0.3 is 0 Å². The molecule has 0 aliphatic rings. The van der Waals surface area contributed by atoms with Crippen LogP contribution in [0.4, 0.5) is 0 Å². The number of fused-ring (bicyclic) bond motifs is 3. The third-order valence-corrected chi connectivity index (χ3v) is 11.2. The Hall–Kier alpha value is -4.64.